The van der Waals surface area contributed by atoms with E-state index in [0.29, 0.717) is 22.4 Å². The summed E-state index contributed by atoms with van der Waals surface area (Å²) in [4.78, 5) is 12.6. The molecule has 3 heterocycles. The second kappa shape index (κ2) is 7.84. The van der Waals surface area contributed by atoms with Crippen molar-refractivity contribution in [3.63, 3.8) is 0 Å². The normalized spacial score (nSPS) is 20.1. The number of hydrogen-bond acceptors (Lipinski definition) is 6. The highest BCUT2D eigenvalue weighted by Gasteiger charge is 2.22. The molecule has 2 atom stereocenters. The maximum Gasteiger partial charge on any atom is 0.183 e. The van der Waals surface area contributed by atoms with Gasteiger partial charge in [0.1, 0.15) is 5.82 Å². The second-order valence-corrected chi connectivity index (χ2v) is 8.33. The number of nitrogens with two attached hydrogens (primary N) is 1. The monoisotopic (exact) mass is 502 g/mol. The molecule has 0 radical (unpaired) electrons. The molecule has 3 aromatic heterocycles. The van der Waals surface area contributed by atoms with E-state index in [1.54, 1.807) is 10.2 Å². The summed E-state index contributed by atoms with van der Waals surface area (Å²) in [7, 11) is 1.40. The largest absolute Gasteiger partial charge is 0.365 e. The fourth-order valence-electron chi connectivity index (χ4n) is 3.43. The van der Waals surface area contributed by atoms with E-state index in [1.807, 2.05) is 0 Å². The van der Waals surface area contributed by atoms with Crippen LogP contribution < -0.4 is 11.1 Å². The van der Waals surface area contributed by atoms with Crippen LogP contribution in [0.4, 0.5) is 14.6 Å². The molecule has 0 bridgehead atoms. The standard InChI is InChI=1S/C17H17F2IN6S/c18-9-4-12-13(8-26(27-20)17(12)23-6-9)15-22-7-14(19)16(25-15)24-11-3-1-2-10(21)5-11/h4,6-8,10-11H,1-3,5,21H2,(H,22,24,25)/t10-,11+/m1/s1. The lowest BCUT2D eigenvalue weighted by Gasteiger charge is -2.27. The van der Waals surface area contributed by atoms with Crippen LogP contribution in [0.3, 0.4) is 0 Å². The average Bonchev–Trinajstić information content (AvgIpc) is 3.01. The highest BCUT2D eigenvalue weighted by molar-refractivity contribution is 14.2. The molecule has 10 heteroatoms. The molecule has 0 unspecified atom stereocenters. The van der Waals surface area contributed by atoms with Crippen molar-refractivity contribution < 1.29 is 8.78 Å². The van der Waals surface area contributed by atoms with Gasteiger partial charge in [-0.3, -0.25) is 3.97 Å². The summed E-state index contributed by atoms with van der Waals surface area (Å²) < 4.78 is 29.8. The highest BCUT2D eigenvalue weighted by atomic mass is 127. The summed E-state index contributed by atoms with van der Waals surface area (Å²) in [5.74, 6) is -0.502. The van der Waals surface area contributed by atoms with Gasteiger partial charge in [-0.25, -0.2) is 23.7 Å². The predicted octanol–water partition coefficient (Wildman–Crippen LogP) is 4.30. The fourth-order valence-corrected chi connectivity index (χ4v) is 4.69. The van der Waals surface area contributed by atoms with E-state index in [-0.39, 0.29) is 17.9 Å². The number of nitrogens with zero attached hydrogens (tertiary/aromatic N) is 4. The van der Waals surface area contributed by atoms with Gasteiger partial charge in [-0.05, 0) is 31.7 Å². The van der Waals surface area contributed by atoms with Gasteiger partial charge in [0.25, 0.3) is 0 Å². The van der Waals surface area contributed by atoms with Crippen LogP contribution >= 0.6 is 30.3 Å². The Hall–Kier alpha value is -1.53. The summed E-state index contributed by atoms with van der Waals surface area (Å²) >= 11 is 2.11. The van der Waals surface area contributed by atoms with Crippen LogP contribution in [0.25, 0.3) is 22.4 Å². The zero-order valence-corrected chi connectivity index (χ0v) is 17.2. The van der Waals surface area contributed by atoms with E-state index < -0.39 is 11.6 Å². The minimum absolute atomic E-state index is 0.0800. The van der Waals surface area contributed by atoms with Gasteiger partial charge in [-0.15, -0.1) is 0 Å². The molecule has 142 valence electrons. The number of hydrogen-bond donors (Lipinski definition) is 2. The van der Waals surface area contributed by atoms with Gasteiger partial charge in [0, 0.05) is 59.6 Å². The Labute approximate surface area is 171 Å². The Morgan fingerprint density at radius 2 is 2.11 bits per heavy atom. The molecular weight excluding hydrogens is 485 g/mol. The molecule has 6 nitrogen and oxygen atoms in total. The first kappa shape index (κ1) is 18.8. The molecule has 1 fully saturated rings. The van der Waals surface area contributed by atoms with Gasteiger partial charge in [0.05, 0.1) is 12.4 Å². The lowest BCUT2D eigenvalue weighted by molar-refractivity contribution is 0.407. The van der Waals surface area contributed by atoms with Crippen LogP contribution in [0, 0.1) is 11.6 Å². The maximum atomic E-state index is 14.3. The average molecular weight is 502 g/mol. The third-order valence-electron chi connectivity index (χ3n) is 4.69. The smallest absolute Gasteiger partial charge is 0.183 e. The van der Waals surface area contributed by atoms with Crippen molar-refractivity contribution in [2.45, 2.75) is 37.8 Å². The SMILES string of the molecule is N[C@@H]1CCC[C@H](Nc2nc(-c3cn(SI)c4ncc(F)cc34)ncc2F)C1. The zero-order chi connectivity index (χ0) is 19.0. The molecule has 0 saturated heterocycles. The maximum absolute atomic E-state index is 14.3. The fraction of sp³-hybridized carbons (Fsp3) is 0.353. The summed E-state index contributed by atoms with van der Waals surface area (Å²) in [5, 5.41) is 3.74. The van der Waals surface area contributed by atoms with Gasteiger partial charge in [0.15, 0.2) is 23.1 Å². The lowest BCUT2D eigenvalue weighted by Crippen LogP contribution is -2.35. The van der Waals surface area contributed by atoms with Gasteiger partial charge < -0.3 is 11.1 Å². The van der Waals surface area contributed by atoms with Gasteiger partial charge in [-0.1, -0.05) is 0 Å². The van der Waals surface area contributed by atoms with E-state index in [2.05, 4.69) is 41.5 Å². The molecule has 3 aromatic rings. The summed E-state index contributed by atoms with van der Waals surface area (Å²) in [6, 6.07) is 1.59. The quantitative estimate of drug-likeness (QED) is 0.518. The van der Waals surface area contributed by atoms with Crippen molar-refractivity contribution in [3.05, 3.63) is 36.3 Å². The number of fused-ring (bicyclic) bond motifs is 1. The molecule has 27 heavy (non-hydrogen) atoms. The molecule has 0 amide bonds. The first-order chi connectivity index (χ1) is 13.0. The number of nitrogens with one attached hydrogen (secondary N) is 1. The third-order valence-corrected chi connectivity index (χ3v) is 6.39. The zero-order valence-electron chi connectivity index (χ0n) is 14.2. The first-order valence-electron chi connectivity index (χ1n) is 8.56. The number of rotatable bonds is 4. The number of halogens is 3. The van der Waals surface area contributed by atoms with Crippen molar-refractivity contribution in [2.24, 2.45) is 5.73 Å². The van der Waals surface area contributed by atoms with Gasteiger partial charge in [0.2, 0.25) is 0 Å². The van der Waals surface area contributed by atoms with Crippen molar-refractivity contribution in [2.75, 3.05) is 5.32 Å². The summed E-state index contributed by atoms with van der Waals surface area (Å²) in [6.45, 7) is 0. The molecule has 0 spiro atoms. The van der Waals surface area contributed by atoms with Crippen LogP contribution in [0.15, 0.2) is 24.7 Å². The number of anilines is 1. The Bertz CT molecular complexity index is 981. The van der Waals surface area contributed by atoms with Crippen LogP contribution in [-0.4, -0.2) is 31.0 Å². The molecule has 1 aliphatic carbocycles. The van der Waals surface area contributed by atoms with Crippen molar-refractivity contribution in [1.82, 2.24) is 18.9 Å². The predicted molar refractivity (Wildman–Crippen MR) is 112 cm³/mol. The van der Waals surface area contributed by atoms with E-state index in [9.17, 15) is 8.78 Å². The molecule has 1 saturated carbocycles. The number of aromatic nitrogens is 4. The van der Waals surface area contributed by atoms with Crippen LogP contribution in [-0.2, 0) is 0 Å². The molecular formula is C17H17F2IN6S. The second-order valence-electron chi connectivity index (χ2n) is 6.62. The summed E-state index contributed by atoms with van der Waals surface area (Å²) in [5.41, 5.74) is 7.22. The minimum Gasteiger partial charge on any atom is -0.365 e. The van der Waals surface area contributed by atoms with Crippen LogP contribution in [0.1, 0.15) is 25.7 Å². The molecule has 4 rings (SSSR count). The Kier molecular flexibility index (Phi) is 5.46. The third kappa shape index (κ3) is 3.87. The minimum atomic E-state index is -0.519. The highest BCUT2D eigenvalue weighted by Crippen LogP contribution is 2.33. The lowest BCUT2D eigenvalue weighted by atomic mass is 9.92. The Morgan fingerprint density at radius 3 is 2.89 bits per heavy atom. The van der Waals surface area contributed by atoms with Crippen LogP contribution in [0.5, 0.6) is 0 Å². The van der Waals surface area contributed by atoms with Gasteiger partial charge >= 0.3 is 0 Å². The van der Waals surface area contributed by atoms with Gasteiger partial charge in [-0.2, -0.15) is 0 Å². The van der Waals surface area contributed by atoms with E-state index >= 15 is 0 Å². The topological polar surface area (TPSA) is 81.6 Å². The van der Waals surface area contributed by atoms with E-state index in [4.69, 9.17) is 5.73 Å². The summed E-state index contributed by atoms with van der Waals surface area (Å²) in [6.07, 6.45) is 7.78. The number of pyridine rings is 1. The Morgan fingerprint density at radius 1 is 1.26 bits per heavy atom. The van der Waals surface area contributed by atoms with E-state index in [1.165, 1.54) is 21.4 Å². The van der Waals surface area contributed by atoms with Crippen LogP contribution in [0.2, 0.25) is 0 Å². The van der Waals surface area contributed by atoms with Crippen molar-refractivity contribution in [1.29, 1.82) is 0 Å². The molecule has 0 aliphatic heterocycles. The first-order valence-corrected chi connectivity index (χ1v) is 11.9. The van der Waals surface area contributed by atoms with Crippen molar-refractivity contribution >= 4 is 47.2 Å². The molecule has 1 aliphatic rings. The Balaban J connectivity index is 1.72. The van der Waals surface area contributed by atoms with Crippen molar-refractivity contribution in [3.8, 4) is 11.4 Å². The van der Waals surface area contributed by atoms with E-state index in [0.717, 1.165) is 31.9 Å². The molecule has 3 N–H and O–H groups in total. The molecule has 0 aromatic carbocycles.